The minimum atomic E-state index is -0.0306. The van der Waals surface area contributed by atoms with Crippen LogP contribution in [0.1, 0.15) is 19.0 Å². The van der Waals surface area contributed by atoms with Gasteiger partial charge < -0.3 is 10.6 Å². The molecule has 0 aliphatic heterocycles. The Morgan fingerprint density at radius 1 is 1.33 bits per heavy atom. The summed E-state index contributed by atoms with van der Waals surface area (Å²) >= 11 is 9.50. The minimum absolute atomic E-state index is 0.0306. The molecular weight excluding hydrogens is 354 g/mol. The molecule has 110 valence electrons. The molecule has 0 aliphatic rings. The first-order valence-corrected chi connectivity index (χ1v) is 7.70. The summed E-state index contributed by atoms with van der Waals surface area (Å²) in [5.41, 5.74) is 2.37. The zero-order chi connectivity index (χ0) is 15.2. The van der Waals surface area contributed by atoms with Crippen molar-refractivity contribution in [1.29, 1.82) is 0 Å². The van der Waals surface area contributed by atoms with E-state index in [0.29, 0.717) is 18.0 Å². The van der Waals surface area contributed by atoms with Crippen LogP contribution in [-0.2, 0) is 11.3 Å². The van der Waals surface area contributed by atoms with Crippen molar-refractivity contribution in [1.82, 2.24) is 4.98 Å². The zero-order valence-corrected chi connectivity index (χ0v) is 13.8. The van der Waals surface area contributed by atoms with Gasteiger partial charge >= 0.3 is 0 Å². The number of nitrogens with one attached hydrogen (secondary N) is 2. The normalized spacial score (nSPS) is 10.2. The number of rotatable bonds is 5. The van der Waals surface area contributed by atoms with Crippen LogP contribution in [0.3, 0.4) is 0 Å². The van der Waals surface area contributed by atoms with E-state index in [1.807, 2.05) is 31.2 Å². The maximum atomic E-state index is 11.4. The molecule has 1 aromatic heterocycles. The average molecular weight is 369 g/mol. The van der Waals surface area contributed by atoms with Gasteiger partial charge in [-0.15, -0.1) is 0 Å². The Morgan fingerprint density at radius 3 is 2.86 bits per heavy atom. The van der Waals surface area contributed by atoms with Crippen molar-refractivity contribution in [3.05, 3.63) is 51.7 Å². The third-order valence-corrected chi connectivity index (χ3v) is 3.58. The van der Waals surface area contributed by atoms with Crippen molar-refractivity contribution in [3.63, 3.8) is 0 Å². The van der Waals surface area contributed by atoms with Gasteiger partial charge in [-0.25, -0.2) is 4.98 Å². The topological polar surface area (TPSA) is 54.0 Å². The lowest BCUT2D eigenvalue weighted by Crippen LogP contribution is -2.10. The summed E-state index contributed by atoms with van der Waals surface area (Å²) in [6.45, 7) is 2.35. The van der Waals surface area contributed by atoms with E-state index < -0.39 is 0 Å². The summed E-state index contributed by atoms with van der Waals surface area (Å²) in [4.78, 5) is 15.8. The second-order valence-electron chi connectivity index (χ2n) is 4.40. The van der Waals surface area contributed by atoms with E-state index in [4.69, 9.17) is 11.6 Å². The maximum Gasteiger partial charge on any atom is 0.224 e. The largest absolute Gasteiger partial charge is 0.378 e. The molecule has 0 radical (unpaired) electrons. The van der Waals surface area contributed by atoms with Crippen molar-refractivity contribution in [2.75, 3.05) is 10.6 Å². The van der Waals surface area contributed by atoms with Gasteiger partial charge in [0.1, 0.15) is 4.60 Å². The molecule has 1 aromatic carbocycles. The van der Waals surface area contributed by atoms with Crippen LogP contribution >= 0.6 is 27.5 Å². The Labute approximate surface area is 137 Å². The van der Waals surface area contributed by atoms with E-state index in [1.165, 1.54) is 0 Å². The minimum Gasteiger partial charge on any atom is -0.378 e. The summed E-state index contributed by atoms with van der Waals surface area (Å²) in [6.07, 6.45) is 0.438. The predicted molar refractivity (Wildman–Crippen MR) is 89.6 cm³/mol. The molecule has 2 N–H and O–H groups in total. The SMILES string of the molecule is CCC(=O)Nc1ccc(Cl)c(NCc2cccc(Br)n2)c1. The third kappa shape index (κ3) is 4.72. The fraction of sp³-hybridized carbons (Fsp3) is 0.200. The molecule has 0 spiro atoms. The highest BCUT2D eigenvalue weighted by Crippen LogP contribution is 2.26. The standard InChI is InChI=1S/C15H15BrClN3O/c1-2-15(21)20-10-6-7-12(17)13(8-10)18-9-11-4-3-5-14(16)19-11/h3-8,18H,2,9H2,1H3,(H,20,21). The van der Waals surface area contributed by atoms with E-state index in [2.05, 4.69) is 31.5 Å². The second kappa shape index (κ2) is 7.43. The first-order valence-electron chi connectivity index (χ1n) is 6.53. The number of hydrogen-bond donors (Lipinski definition) is 2. The van der Waals surface area contributed by atoms with Crippen molar-refractivity contribution in [2.24, 2.45) is 0 Å². The molecule has 0 saturated carbocycles. The quantitative estimate of drug-likeness (QED) is 0.766. The Bertz CT molecular complexity index is 649. The average Bonchev–Trinajstić information content (AvgIpc) is 2.47. The van der Waals surface area contributed by atoms with E-state index >= 15 is 0 Å². The van der Waals surface area contributed by atoms with Gasteiger partial charge in [0.2, 0.25) is 5.91 Å². The van der Waals surface area contributed by atoms with Crippen LogP contribution in [0.2, 0.25) is 5.02 Å². The van der Waals surface area contributed by atoms with Crippen LogP contribution in [0.5, 0.6) is 0 Å². The molecule has 0 unspecified atom stereocenters. The molecule has 4 nitrogen and oxygen atoms in total. The van der Waals surface area contributed by atoms with Crippen LogP contribution in [0.4, 0.5) is 11.4 Å². The molecule has 0 bridgehead atoms. The summed E-state index contributed by atoms with van der Waals surface area (Å²) in [5, 5.41) is 6.62. The van der Waals surface area contributed by atoms with Gasteiger partial charge in [0, 0.05) is 12.1 Å². The summed E-state index contributed by atoms with van der Waals surface area (Å²) in [7, 11) is 0. The lowest BCUT2D eigenvalue weighted by Gasteiger charge is -2.11. The summed E-state index contributed by atoms with van der Waals surface area (Å²) in [6, 6.07) is 11.1. The van der Waals surface area contributed by atoms with Gasteiger partial charge in [-0.2, -0.15) is 0 Å². The highest BCUT2D eigenvalue weighted by Gasteiger charge is 2.05. The molecule has 0 atom stereocenters. The van der Waals surface area contributed by atoms with Crippen molar-refractivity contribution in [3.8, 4) is 0 Å². The highest BCUT2D eigenvalue weighted by atomic mass is 79.9. The molecule has 2 rings (SSSR count). The molecule has 0 saturated heterocycles. The van der Waals surface area contributed by atoms with E-state index in [0.717, 1.165) is 21.7 Å². The van der Waals surface area contributed by atoms with Crippen molar-refractivity contribution < 1.29 is 4.79 Å². The molecule has 6 heteroatoms. The number of aromatic nitrogens is 1. The number of nitrogens with zero attached hydrogens (tertiary/aromatic N) is 1. The number of carbonyl (C=O) groups is 1. The van der Waals surface area contributed by atoms with Gasteiger partial charge in [-0.3, -0.25) is 4.79 Å². The van der Waals surface area contributed by atoms with E-state index in [1.54, 1.807) is 12.1 Å². The van der Waals surface area contributed by atoms with Crippen LogP contribution < -0.4 is 10.6 Å². The number of hydrogen-bond acceptors (Lipinski definition) is 3. The number of benzene rings is 1. The number of amides is 1. The molecule has 1 heterocycles. The fourth-order valence-electron chi connectivity index (χ4n) is 1.72. The Kier molecular flexibility index (Phi) is 5.59. The lowest BCUT2D eigenvalue weighted by atomic mass is 10.2. The van der Waals surface area contributed by atoms with Gasteiger partial charge in [-0.1, -0.05) is 24.6 Å². The highest BCUT2D eigenvalue weighted by molar-refractivity contribution is 9.10. The van der Waals surface area contributed by atoms with Crippen molar-refractivity contribution >= 4 is 44.8 Å². The lowest BCUT2D eigenvalue weighted by molar-refractivity contribution is -0.115. The van der Waals surface area contributed by atoms with Gasteiger partial charge in [0.05, 0.1) is 22.9 Å². The van der Waals surface area contributed by atoms with Crippen LogP contribution in [-0.4, -0.2) is 10.9 Å². The summed E-state index contributed by atoms with van der Waals surface area (Å²) < 4.78 is 0.789. The van der Waals surface area contributed by atoms with Crippen LogP contribution in [0.25, 0.3) is 0 Å². The smallest absolute Gasteiger partial charge is 0.224 e. The van der Waals surface area contributed by atoms with Gasteiger partial charge in [0.15, 0.2) is 0 Å². The second-order valence-corrected chi connectivity index (χ2v) is 5.62. The fourth-order valence-corrected chi connectivity index (χ4v) is 2.29. The summed E-state index contributed by atoms with van der Waals surface area (Å²) in [5.74, 6) is -0.0306. The molecule has 0 fully saturated rings. The predicted octanol–water partition coefficient (Wildman–Crippen LogP) is 4.46. The first-order chi connectivity index (χ1) is 10.1. The molecule has 2 aromatic rings. The van der Waals surface area contributed by atoms with E-state index in [-0.39, 0.29) is 5.91 Å². The van der Waals surface area contributed by atoms with Gasteiger partial charge in [-0.05, 0) is 46.3 Å². The molecular formula is C15H15BrClN3O. The zero-order valence-electron chi connectivity index (χ0n) is 11.5. The van der Waals surface area contributed by atoms with Crippen molar-refractivity contribution in [2.45, 2.75) is 19.9 Å². The van der Waals surface area contributed by atoms with E-state index in [9.17, 15) is 4.79 Å². The number of anilines is 2. The maximum absolute atomic E-state index is 11.4. The number of carbonyl (C=O) groups excluding carboxylic acids is 1. The molecule has 1 amide bonds. The molecule has 0 aliphatic carbocycles. The Morgan fingerprint density at radius 2 is 2.14 bits per heavy atom. The Hall–Kier alpha value is -1.59. The van der Waals surface area contributed by atoms with Crippen LogP contribution in [0.15, 0.2) is 41.0 Å². The monoisotopic (exact) mass is 367 g/mol. The Balaban J connectivity index is 2.08. The van der Waals surface area contributed by atoms with Crippen LogP contribution in [0, 0.1) is 0 Å². The molecule has 21 heavy (non-hydrogen) atoms. The third-order valence-electron chi connectivity index (χ3n) is 2.80. The van der Waals surface area contributed by atoms with Gasteiger partial charge in [0.25, 0.3) is 0 Å². The first kappa shape index (κ1) is 15.8. The number of pyridine rings is 1. The number of halogens is 2.